The minimum absolute atomic E-state index is 0. The lowest BCUT2D eigenvalue weighted by Gasteiger charge is -2.11. The van der Waals surface area contributed by atoms with Crippen molar-refractivity contribution in [3.05, 3.63) is 65.5 Å². The van der Waals surface area contributed by atoms with Crippen LogP contribution < -0.4 is 10.6 Å². The molecule has 24 heavy (non-hydrogen) atoms. The molecule has 1 aromatic carbocycles. The summed E-state index contributed by atoms with van der Waals surface area (Å²) in [5, 5.41) is 6.55. The molecular weight excluding hydrogens is 415 g/mol. The van der Waals surface area contributed by atoms with Crippen molar-refractivity contribution >= 4 is 29.9 Å². The van der Waals surface area contributed by atoms with Gasteiger partial charge in [-0.05, 0) is 30.2 Å². The first-order chi connectivity index (χ1) is 11.3. The second-order valence-corrected chi connectivity index (χ2v) is 5.12. The lowest BCUT2D eigenvalue weighted by molar-refractivity contribution is 0.185. The summed E-state index contributed by atoms with van der Waals surface area (Å²) in [6.07, 6.45) is 1.79. The van der Waals surface area contributed by atoms with Crippen molar-refractivity contribution in [3.8, 4) is 0 Å². The minimum atomic E-state index is 0. The van der Waals surface area contributed by atoms with Gasteiger partial charge in [-0.15, -0.1) is 24.0 Å². The number of hydrogen-bond acceptors (Lipinski definition) is 3. The summed E-state index contributed by atoms with van der Waals surface area (Å²) in [4.78, 5) is 8.93. The van der Waals surface area contributed by atoms with Gasteiger partial charge in [0.15, 0.2) is 5.96 Å². The van der Waals surface area contributed by atoms with Crippen LogP contribution in [0.15, 0.2) is 53.7 Å². The van der Waals surface area contributed by atoms with Crippen molar-refractivity contribution in [1.82, 2.24) is 15.6 Å². The predicted molar refractivity (Wildman–Crippen MR) is 108 cm³/mol. The topological polar surface area (TPSA) is 58.5 Å². The Balaban J connectivity index is 0.00000288. The second kappa shape index (κ2) is 11.8. The molecule has 1 aromatic heterocycles. The number of ether oxygens (including phenoxy) is 1. The fourth-order valence-electron chi connectivity index (χ4n) is 2.17. The van der Waals surface area contributed by atoms with Crippen molar-refractivity contribution in [2.24, 2.45) is 4.99 Å². The van der Waals surface area contributed by atoms with Gasteiger partial charge in [0.2, 0.25) is 0 Å². The van der Waals surface area contributed by atoms with E-state index < -0.39 is 0 Å². The molecule has 0 saturated carbocycles. The first kappa shape index (κ1) is 20.4. The Morgan fingerprint density at radius 2 is 1.96 bits per heavy atom. The van der Waals surface area contributed by atoms with Crippen LogP contribution in [0, 0.1) is 0 Å². The van der Waals surface area contributed by atoms with Crippen LogP contribution in [0.25, 0.3) is 0 Å². The van der Waals surface area contributed by atoms with Gasteiger partial charge < -0.3 is 15.4 Å². The number of nitrogens with zero attached hydrogens (tertiary/aromatic N) is 2. The number of aromatic nitrogens is 1. The third kappa shape index (κ3) is 7.27. The van der Waals surface area contributed by atoms with Gasteiger partial charge in [-0.3, -0.25) is 4.98 Å². The van der Waals surface area contributed by atoms with Crippen LogP contribution in [0.4, 0.5) is 0 Å². The van der Waals surface area contributed by atoms with Crippen LogP contribution in [0.5, 0.6) is 0 Å². The van der Waals surface area contributed by atoms with Crippen molar-refractivity contribution in [1.29, 1.82) is 0 Å². The molecule has 0 aliphatic carbocycles. The average molecular weight is 440 g/mol. The van der Waals surface area contributed by atoms with Crippen LogP contribution in [0.3, 0.4) is 0 Å². The lowest BCUT2D eigenvalue weighted by Crippen LogP contribution is -2.37. The quantitative estimate of drug-likeness (QED) is 0.395. The number of rotatable bonds is 7. The number of halogens is 1. The summed E-state index contributed by atoms with van der Waals surface area (Å²) in [5.41, 5.74) is 3.31. The van der Waals surface area contributed by atoms with E-state index in [1.165, 1.54) is 0 Å². The first-order valence-corrected chi connectivity index (χ1v) is 7.80. The zero-order valence-electron chi connectivity index (χ0n) is 14.2. The highest BCUT2D eigenvalue weighted by atomic mass is 127. The van der Waals surface area contributed by atoms with Crippen LogP contribution in [-0.2, 0) is 24.4 Å². The molecule has 6 heteroatoms. The van der Waals surface area contributed by atoms with E-state index in [0.29, 0.717) is 19.7 Å². The molecule has 2 N–H and O–H groups in total. The molecule has 0 unspecified atom stereocenters. The van der Waals surface area contributed by atoms with E-state index in [1.807, 2.05) is 24.3 Å². The smallest absolute Gasteiger partial charge is 0.191 e. The van der Waals surface area contributed by atoms with Crippen molar-refractivity contribution in [2.45, 2.75) is 26.6 Å². The zero-order valence-corrected chi connectivity index (χ0v) is 16.5. The van der Waals surface area contributed by atoms with E-state index in [2.05, 4.69) is 45.7 Å². The highest BCUT2D eigenvalue weighted by Crippen LogP contribution is 2.07. The van der Waals surface area contributed by atoms with Gasteiger partial charge >= 0.3 is 0 Å². The molecule has 0 aliphatic heterocycles. The van der Waals surface area contributed by atoms with Gasteiger partial charge in [0.1, 0.15) is 0 Å². The van der Waals surface area contributed by atoms with E-state index in [0.717, 1.165) is 29.3 Å². The molecule has 0 spiro atoms. The van der Waals surface area contributed by atoms with Gasteiger partial charge in [0.25, 0.3) is 0 Å². The highest BCUT2D eigenvalue weighted by molar-refractivity contribution is 14.0. The number of aliphatic imine (C=N–C) groups is 1. The number of pyridine rings is 1. The normalized spacial score (nSPS) is 10.8. The Morgan fingerprint density at radius 1 is 1.12 bits per heavy atom. The maximum Gasteiger partial charge on any atom is 0.191 e. The Morgan fingerprint density at radius 3 is 2.67 bits per heavy atom. The average Bonchev–Trinajstić information content (AvgIpc) is 2.59. The maximum atomic E-state index is 5.17. The summed E-state index contributed by atoms with van der Waals surface area (Å²) < 4.78 is 5.17. The summed E-state index contributed by atoms with van der Waals surface area (Å²) >= 11 is 0. The summed E-state index contributed by atoms with van der Waals surface area (Å²) in [5.74, 6) is 0.787. The molecule has 2 rings (SSSR count). The molecule has 0 fully saturated rings. The van der Waals surface area contributed by atoms with Crippen molar-refractivity contribution in [3.63, 3.8) is 0 Å². The van der Waals surface area contributed by atoms with Crippen molar-refractivity contribution in [2.75, 3.05) is 13.7 Å². The van der Waals surface area contributed by atoms with Crippen LogP contribution >= 0.6 is 24.0 Å². The van der Waals surface area contributed by atoms with Gasteiger partial charge in [0, 0.05) is 19.9 Å². The van der Waals surface area contributed by atoms with Crippen LogP contribution in [0.2, 0.25) is 0 Å². The molecule has 0 aliphatic rings. The molecule has 0 radical (unpaired) electrons. The largest absolute Gasteiger partial charge is 0.380 e. The molecule has 0 atom stereocenters. The number of hydrogen-bond donors (Lipinski definition) is 2. The minimum Gasteiger partial charge on any atom is -0.380 e. The first-order valence-electron chi connectivity index (χ1n) is 7.80. The number of nitrogens with one attached hydrogen (secondary N) is 2. The molecule has 130 valence electrons. The lowest BCUT2D eigenvalue weighted by atomic mass is 10.1. The molecular formula is C18H25IN4O. The Kier molecular flexibility index (Phi) is 10.0. The SMILES string of the molecule is CCNC(=NCc1cccc(COC)c1)NCc1ccccn1.I. The summed E-state index contributed by atoms with van der Waals surface area (Å²) in [6.45, 7) is 4.76. The molecule has 0 bridgehead atoms. The van der Waals surface area contributed by atoms with Crippen LogP contribution in [-0.4, -0.2) is 24.6 Å². The van der Waals surface area contributed by atoms with E-state index in [1.54, 1.807) is 13.3 Å². The van der Waals surface area contributed by atoms with E-state index >= 15 is 0 Å². The fraction of sp³-hybridized carbons (Fsp3) is 0.333. The number of guanidine groups is 1. The molecule has 2 aromatic rings. The second-order valence-electron chi connectivity index (χ2n) is 5.12. The monoisotopic (exact) mass is 440 g/mol. The van der Waals surface area contributed by atoms with Crippen molar-refractivity contribution < 1.29 is 4.74 Å². The summed E-state index contributed by atoms with van der Waals surface area (Å²) in [7, 11) is 1.70. The number of methoxy groups -OCH3 is 1. The molecule has 0 amide bonds. The van der Waals surface area contributed by atoms with E-state index in [-0.39, 0.29) is 24.0 Å². The van der Waals surface area contributed by atoms with Gasteiger partial charge in [-0.25, -0.2) is 4.99 Å². The number of benzene rings is 1. The third-order valence-corrected chi connectivity index (χ3v) is 3.23. The summed E-state index contributed by atoms with van der Waals surface area (Å²) in [6, 6.07) is 14.2. The fourth-order valence-corrected chi connectivity index (χ4v) is 2.17. The van der Waals surface area contributed by atoms with E-state index in [4.69, 9.17) is 4.74 Å². The molecule has 1 heterocycles. The van der Waals surface area contributed by atoms with Gasteiger partial charge in [-0.1, -0.05) is 30.3 Å². The third-order valence-electron chi connectivity index (χ3n) is 3.23. The highest BCUT2D eigenvalue weighted by Gasteiger charge is 2.00. The molecule has 5 nitrogen and oxygen atoms in total. The predicted octanol–water partition coefficient (Wildman–Crippen LogP) is 3.10. The Labute approximate surface area is 161 Å². The maximum absolute atomic E-state index is 5.17. The standard InChI is InChI=1S/C18H24N4O.HI/c1-3-19-18(22-13-17-9-4-5-10-20-17)21-12-15-7-6-8-16(11-15)14-23-2;/h4-11H,3,12-14H2,1-2H3,(H2,19,21,22);1H. The Hall–Kier alpha value is -1.67. The van der Waals surface area contributed by atoms with Gasteiger partial charge in [-0.2, -0.15) is 0 Å². The zero-order chi connectivity index (χ0) is 16.3. The molecule has 0 saturated heterocycles. The van der Waals surface area contributed by atoms with E-state index in [9.17, 15) is 0 Å². The Bertz CT molecular complexity index is 619. The van der Waals surface area contributed by atoms with Crippen LogP contribution in [0.1, 0.15) is 23.7 Å². The van der Waals surface area contributed by atoms with Gasteiger partial charge in [0.05, 0.1) is 25.4 Å².